The molecule has 1 saturated heterocycles. The summed E-state index contributed by atoms with van der Waals surface area (Å²) >= 11 is 0. The average molecular weight is 419 g/mol. The zero-order valence-electron chi connectivity index (χ0n) is 16.9. The molecule has 4 aromatic rings. The fourth-order valence-electron chi connectivity index (χ4n) is 3.49. The molecule has 11 nitrogen and oxygen atoms in total. The molecule has 0 atom stereocenters. The van der Waals surface area contributed by atoms with Crippen LogP contribution in [0.4, 0.5) is 17.3 Å². The second-order valence-corrected chi connectivity index (χ2v) is 7.37. The number of aromatic nitrogens is 5. The zero-order valence-corrected chi connectivity index (χ0v) is 16.9. The molecule has 5 heterocycles. The van der Waals surface area contributed by atoms with Crippen molar-refractivity contribution in [2.24, 2.45) is 5.73 Å². The van der Waals surface area contributed by atoms with Crippen molar-refractivity contribution in [3.63, 3.8) is 0 Å². The minimum Gasteiger partial charge on any atom is -0.462 e. The van der Waals surface area contributed by atoms with Crippen LogP contribution in [0.15, 0.2) is 47.6 Å². The van der Waals surface area contributed by atoms with Crippen LogP contribution in [0.3, 0.4) is 0 Å². The monoisotopic (exact) mass is 419 g/mol. The molecule has 1 fully saturated rings. The quantitative estimate of drug-likeness (QED) is 0.492. The van der Waals surface area contributed by atoms with Gasteiger partial charge in [0.15, 0.2) is 17.2 Å². The van der Waals surface area contributed by atoms with E-state index in [4.69, 9.17) is 10.2 Å². The standard InChI is InChI=1S/C20H21N9O2/c1-27-4-6-28(7-5-27)17-3-2-14(9-22-17)26-19-20-24-12-25-29(20)15(10-23-19)16-8-13(11-31-16)18(21)30/h2-3,8-12H,4-7H2,1H3,(H2,21,30)(H,23,26). The number of carbonyl (C=O) groups is 1. The van der Waals surface area contributed by atoms with Crippen LogP contribution < -0.4 is 16.0 Å². The second kappa shape index (κ2) is 7.69. The maximum atomic E-state index is 11.3. The number of hydrogen-bond donors (Lipinski definition) is 2. The Bertz CT molecular complexity index is 1220. The molecule has 4 aromatic heterocycles. The fourth-order valence-corrected chi connectivity index (χ4v) is 3.49. The highest BCUT2D eigenvalue weighted by Crippen LogP contribution is 2.26. The van der Waals surface area contributed by atoms with Gasteiger partial charge in [0.25, 0.3) is 5.91 Å². The maximum absolute atomic E-state index is 11.3. The van der Waals surface area contributed by atoms with Crippen LogP contribution in [0.25, 0.3) is 17.1 Å². The van der Waals surface area contributed by atoms with E-state index in [1.54, 1.807) is 23.0 Å². The van der Waals surface area contributed by atoms with E-state index in [0.717, 1.165) is 37.7 Å². The number of rotatable bonds is 5. The van der Waals surface area contributed by atoms with Crippen molar-refractivity contribution in [2.75, 3.05) is 43.4 Å². The van der Waals surface area contributed by atoms with Crippen molar-refractivity contribution < 1.29 is 9.21 Å². The van der Waals surface area contributed by atoms with Crippen molar-refractivity contribution in [1.82, 2.24) is 29.5 Å². The summed E-state index contributed by atoms with van der Waals surface area (Å²) < 4.78 is 7.05. The topological polar surface area (TPSA) is 131 Å². The van der Waals surface area contributed by atoms with E-state index in [0.29, 0.717) is 22.9 Å². The fraction of sp³-hybridized carbons (Fsp3) is 0.250. The molecular formula is C20H21N9O2. The molecule has 158 valence electrons. The lowest BCUT2D eigenvalue weighted by molar-refractivity contribution is 0.0999. The van der Waals surface area contributed by atoms with E-state index < -0.39 is 5.91 Å². The van der Waals surface area contributed by atoms with E-state index in [9.17, 15) is 4.79 Å². The van der Waals surface area contributed by atoms with Gasteiger partial charge in [0.05, 0.1) is 23.6 Å². The summed E-state index contributed by atoms with van der Waals surface area (Å²) in [6.07, 6.45) is 6.11. The first-order chi connectivity index (χ1) is 15.1. The van der Waals surface area contributed by atoms with Gasteiger partial charge in [0.1, 0.15) is 24.1 Å². The van der Waals surface area contributed by atoms with Crippen LogP contribution in [-0.2, 0) is 0 Å². The van der Waals surface area contributed by atoms with Crippen LogP contribution >= 0.6 is 0 Å². The lowest BCUT2D eigenvalue weighted by Crippen LogP contribution is -2.44. The molecular weight excluding hydrogens is 398 g/mol. The van der Waals surface area contributed by atoms with E-state index in [-0.39, 0.29) is 5.56 Å². The lowest BCUT2D eigenvalue weighted by atomic mass is 10.2. The Labute approximate surface area is 177 Å². The highest BCUT2D eigenvalue weighted by Gasteiger charge is 2.17. The summed E-state index contributed by atoms with van der Waals surface area (Å²) in [5.41, 5.74) is 7.43. The van der Waals surface area contributed by atoms with Crippen molar-refractivity contribution in [1.29, 1.82) is 0 Å². The highest BCUT2D eigenvalue weighted by atomic mass is 16.3. The van der Waals surface area contributed by atoms with Gasteiger partial charge in [-0.2, -0.15) is 5.10 Å². The van der Waals surface area contributed by atoms with Gasteiger partial charge in [0, 0.05) is 26.2 Å². The van der Waals surface area contributed by atoms with E-state index in [1.165, 1.54) is 12.6 Å². The molecule has 3 N–H and O–H groups in total. The first-order valence-corrected chi connectivity index (χ1v) is 9.82. The number of primary amides is 1. The Hall–Kier alpha value is -3.99. The number of fused-ring (bicyclic) bond motifs is 1. The van der Waals surface area contributed by atoms with E-state index in [2.05, 4.69) is 42.2 Å². The van der Waals surface area contributed by atoms with Crippen LogP contribution in [0, 0.1) is 0 Å². The SMILES string of the molecule is CN1CCN(c2ccc(Nc3ncc(-c4cc(C(N)=O)co4)n4ncnc34)cn2)CC1. The molecule has 0 spiro atoms. The van der Waals surface area contributed by atoms with Gasteiger partial charge in [-0.05, 0) is 25.2 Å². The van der Waals surface area contributed by atoms with Gasteiger partial charge in [-0.15, -0.1) is 0 Å². The lowest BCUT2D eigenvalue weighted by Gasteiger charge is -2.33. The predicted octanol–water partition coefficient (Wildman–Crippen LogP) is 1.37. The molecule has 0 bridgehead atoms. The molecule has 31 heavy (non-hydrogen) atoms. The van der Waals surface area contributed by atoms with Crippen molar-refractivity contribution >= 4 is 28.9 Å². The Morgan fingerprint density at radius 1 is 1.13 bits per heavy atom. The number of piperazine rings is 1. The maximum Gasteiger partial charge on any atom is 0.251 e. The molecule has 0 aliphatic carbocycles. The summed E-state index contributed by atoms with van der Waals surface area (Å²) in [5.74, 6) is 1.33. The third-order valence-corrected chi connectivity index (χ3v) is 5.28. The highest BCUT2D eigenvalue weighted by molar-refractivity contribution is 5.93. The first kappa shape index (κ1) is 19.0. The summed E-state index contributed by atoms with van der Waals surface area (Å²) in [5, 5.41) is 7.50. The number of furan rings is 1. The summed E-state index contributed by atoms with van der Waals surface area (Å²) in [6.45, 7) is 3.98. The Morgan fingerprint density at radius 3 is 2.68 bits per heavy atom. The van der Waals surface area contributed by atoms with Gasteiger partial charge in [-0.25, -0.2) is 19.5 Å². The van der Waals surface area contributed by atoms with Crippen LogP contribution in [0.5, 0.6) is 0 Å². The second-order valence-electron chi connectivity index (χ2n) is 7.37. The molecule has 1 aliphatic heterocycles. The van der Waals surface area contributed by atoms with Gasteiger partial charge < -0.3 is 25.3 Å². The van der Waals surface area contributed by atoms with Gasteiger partial charge in [0.2, 0.25) is 0 Å². The average Bonchev–Trinajstić information content (AvgIpc) is 3.46. The predicted molar refractivity (Wildman–Crippen MR) is 114 cm³/mol. The van der Waals surface area contributed by atoms with Crippen LogP contribution in [0.2, 0.25) is 0 Å². The van der Waals surface area contributed by atoms with Crippen molar-refractivity contribution in [2.45, 2.75) is 0 Å². The molecule has 5 rings (SSSR count). The van der Waals surface area contributed by atoms with Gasteiger partial charge >= 0.3 is 0 Å². The van der Waals surface area contributed by atoms with Gasteiger partial charge in [-0.1, -0.05) is 0 Å². The number of anilines is 3. The molecule has 1 aliphatic rings. The molecule has 0 unspecified atom stereocenters. The summed E-state index contributed by atoms with van der Waals surface area (Å²) in [7, 11) is 2.13. The minimum absolute atomic E-state index is 0.275. The molecule has 0 radical (unpaired) electrons. The van der Waals surface area contributed by atoms with Crippen molar-refractivity contribution in [3.05, 3.63) is 48.7 Å². The third-order valence-electron chi connectivity index (χ3n) is 5.28. The van der Waals surface area contributed by atoms with E-state index >= 15 is 0 Å². The number of nitrogens with one attached hydrogen (secondary N) is 1. The van der Waals surface area contributed by atoms with E-state index in [1.807, 2.05) is 12.1 Å². The Kier molecular flexibility index (Phi) is 4.71. The smallest absolute Gasteiger partial charge is 0.251 e. The largest absolute Gasteiger partial charge is 0.462 e. The Balaban J connectivity index is 1.39. The number of carbonyl (C=O) groups excluding carboxylic acids is 1. The number of pyridine rings is 1. The Morgan fingerprint density at radius 2 is 1.97 bits per heavy atom. The number of likely N-dealkylation sites (N-methyl/N-ethyl adjacent to an activating group) is 1. The normalized spacial score (nSPS) is 14.8. The molecule has 11 heteroatoms. The van der Waals surface area contributed by atoms with Crippen molar-refractivity contribution in [3.8, 4) is 11.5 Å². The summed E-state index contributed by atoms with van der Waals surface area (Å²) in [6, 6.07) is 5.51. The first-order valence-electron chi connectivity index (χ1n) is 9.82. The third kappa shape index (κ3) is 3.66. The molecule has 1 amide bonds. The van der Waals surface area contributed by atoms with Gasteiger partial charge in [-0.3, -0.25) is 4.79 Å². The summed E-state index contributed by atoms with van der Waals surface area (Å²) in [4.78, 5) is 29.3. The number of nitrogens with zero attached hydrogens (tertiary/aromatic N) is 7. The number of hydrogen-bond acceptors (Lipinski definition) is 9. The minimum atomic E-state index is -0.566. The van der Waals surface area contributed by atoms with Crippen LogP contribution in [-0.4, -0.2) is 68.6 Å². The zero-order chi connectivity index (χ0) is 21.4. The molecule has 0 aromatic carbocycles. The number of nitrogens with two attached hydrogens (primary N) is 1. The molecule has 0 saturated carbocycles. The van der Waals surface area contributed by atoms with Crippen LogP contribution in [0.1, 0.15) is 10.4 Å². The number of amides is 1.